The summed E-state index contributed by atoms with van der Waals surface area (Å²) in [5, 5.41) is 4.17. The van der Waals surface area contributed by atoms with E-state index >= 15 is 0 Å². The number of para-hydroxylation sites is 2. The second-order valence-electron chi connectivity index (χ2n) is 8.10. The molecule has 5 rings (SSSR count). The standard InChI is InChI=1S/C25H25N3O5S/c1-31-19-10-4-2-7-16(19)13-26-21(29)15-34-25-27-22-18-9-3-5-11-20(18)33-23(22)24(30)28(25)14-17-8-6-12-32-17/h2-5,7,9-11,17H,6,8,12-15H2,1H3,(H,26,29)/t17-/m1/s1. The van der Waals surface area contributed by atoms with E-state index in [9.17, 15) is 9.59 Å². The number of hydrogen-bond acceptors (Lipinski definition) is 7. The first-order chi connectivity index (χ1) is 16.6. The first-order valence-corrected chi connectivity index (χ1v) is 12.2. The number of thioether (sulfide) groups is 1. The van der Waals surface area contributed by atoms with Crippen molar-refractivity contribution in [3.8, 4) is 5.75 Å². The third-order valence-electron chi connectivity index (χ3n) is 5.86. The fraction of sp³-hybridized carbons (Fsp3) is 0.320. The average Bonchev–Trinajstić information content (AvgIpc) is 3.51. The summed E-state index contributed by atoms with van der Waals surface area (Å²) in [5.41, 5.74) is 1.99. The Balaban J connectivity index is 1.39. The largest absolute Gasteiger partial charge is 0.496 e. The van der Waals surface area contributed by atoms with E-state index in [-0.39, 0.29) is 28.9 Å². The van der Waals surface area contributed by atoms with Gasteiger partial charge in [-0.25, -0.2) is 4.98 Å². The molecular formula is C25H25N3O5S. The average molecular weight is 480 g/mol. The lowest BCUT2D eigenvalue weighted by Crippen LogP contribution is -2.29. The number of carbonyl (C=O) groups is 1. The lowest BCUT2D eigenvalue weighted by Gasteiger charge is -2.15. The molecule has 1 aliphatic rings. The van der Waals surface area contributed by atoms with Crippen LogP contribution in [0.15, 0.2) is 62.9 Å². The van der Waals surface area contributed by atoms with Crippen molar-refractivity contribution in [3.63, 3.8) is 0 Å². The lowest BCUT2D eigenvalue weighted by molar-refractivity contribution is -0.118. The molecule has 2 aromatic carbocycles. The van der Waals surface area contributed by atoms with E-state index in [0.29, 0.717) is 36.0 Å². The highest BCUT2D eigenvalue weighted by Gasteiger charge is 2.23. The molecule has 1 aliphatic heterocycles. The smallest absolute Gasteiger partial charge is 0.297 e. The van der Waals surface area contributed by atoms with Gasteiger partial charge in [0.05, 0.1) is 25.5 Å². The minimum Gasteiger partial charge on any atom is -0.496 e. The summed E-state index contributed by atoms with van der Waals surface area (Å²) < 4.78 is 18.5. The van der Waals surface area contributed by atoms with Crippen LogP contribution in [0.3, 0.4) is 0 Å². The fourth-order valence-corrected chi connectivity index (χ4v) is 4.97. The number of carbonyl (C=O) groups excluding carboxylic acids is 1. The molecule has 8 nitrogen and oxygen atoms in total. The molecule has 34 heavy (non-hydrogen) atoms. The van der Waals surface area contributed by atoms with Crippen LogP contribution in [0.5, 0.6) is 5.75 Å². The van der Waals surface area contributed by atoms with Crippen LogP contribution in [0.1, 0.15) is 18.4 Å². The second-order valence-corrected chi connectivity index (χ2v) is 9.04. The Morgan fingerprint density at radius 3 is 2.88 bits per heavy atom. The summed E-state index contributed by atoms with van der Waals surface area (Å²) in [5.74, 6) is 0.680. The van der Waals surface area contributed by atoms with E-state index in [4.69, 9.17) is 18.9 Å². The van der Waals surface area contributed by atoms with Gasteiger partial charge in [0.15, 0.2) is 5.16 Å². The number of ether oxygens (including phenoxy) is 2. The maximum Gasteiger partial charge on any atom is 0.297 e. The van der Waals surface area contributed by atoms with Gasteiger partial charge >= 0.3 is 0 Å². The molecule has 4 aromatic rings. The van der Waals surface area contributed by atoms with E-state index < -0.39 is 0 Å². The lowest BCUT2D eigenvalue weighted by atomic mass is 10.2. The fourth-order valence-electron chi connectivity index (χ4n) is 4.14. The molecule has 0 saturated carbocycles. The Bertz CT molecular complexity index is 1390. The van der Waals surface area contributed by atoms with Gasteiger partial charge in [0, 0.05) is 24.1 Å². The molecule has 1 atom stereocenters. The van der Waals surface area contributed by atoms with Crippen molar-refractivity contribution < 1.29 is 18.7 Å². The zero-order valence-electron chi connectivity index (χ0n) is 18.8. The Morgan fingerprint density at radius 1 is 1.24 bits per heavy atom. The molecule has 1 fully saturated rings. The van der Waals surface area contributed by atoms with E-state index in [1.165, 1.54) is 11.8 Å². The summed E-state index contributed by atoms with van der Waals surface area (Å²) >= 11 is 1.24. The number of amides is 1. The number of benzene rings is 2. The van der Waals surface area contributed by atoms with Crippen molar-refractivity contribution in [2.45, 2.75) is 37.2 Å². The number of methoxy groups -OCH3 is 1. The maximum atomic E-state index is 13.4. The zero-order valence-corrected chi connectivity index (χ0v) is 19.6. The molecule has 1 amide bonds. The summed E-state index contributed by atoms with van der Waals surface area (Å²) in [6.07, 6.45) is 1.79. The number of fused-ring (bicyclic) bond motifs is 3. The number of nitrogens with one attached hydrogen (secondary N) is 1. The Morgan fingerprint density at radius 2 is 2.06 bits per heavy atom. The molecular weight excluding hydrogens is 454 g/mol. The highest BCUT2D eigenvalue weighted by Crippen LogP contribution is 2.28. The topological polar surface area (TPSA) is 95.6 Å². The van der Waals surface area contributed by atoms with Crippen molar-refractivity contribution >= 4 is 39.7 Å². The summed E-state index contributed by atoms with van der Waals surface area (Å²) in [4.78, 5) is 30.8. The molecule has 176 valence electrons. The van der Waals surface area contributed by atoms with E-state index in [1.54, 1.807) is 11.7 Å². The monoisotopic (exact) mass is 479 g/mol. The van der Waals surface area contributed by atoms with Gasteiger partial charge in [0.25, 0.3) is 5.56 Å². The molecule has 0 unspecified atom stereocenters. The van der Waals surface area contributed by atoms with Crippen LogP contribution in [0, 0.1) is 0 Å². The van der Waals surface area contributed by atoms with Crippen LogP contribution in [0.4, 0.5) is 0 Å². The van der Waals surface area contributed by atoms with Crippen LogP contribution >= 0.6 is 11.8 Å². The Kier molecular flexibility index (Phi) is 6.55. The van der Waals surface area contributed by atoms with Crippen molar-refractivity contribution in [1.82, 2.24) is 14.9 Å². The van der Waals surface area contributed by atoms with Crippen LogP contribution in [0.25, 0.3) is 22.1 Å². The Labute approximate surface area is 200 Å². The summed E-state index contributed by atoms with van der Waals surface area (Å²) in [6.45, 7) is 1.42. The van der Waals surface area contributed by atoms with Gasteiger partial charge in [-0.2, -0.15) is 0 Å². The van der Waals surface area contributed by atoms with Crippen LogP contribution < -0.4 is 15.6 Å². The van der Waals surface area contributed by atoms with Gasteiger partial charge in [-0.3, -0.25) is 14.2 Å². The number of aromatic nitrogens is 2. The highest BCUT2D eigenvalue weighted by molar-refractivity contribution is 7.99. The molecule has 3 heterocycles. The third kappa shape index (κ3) is 4.53. The number of hydrogen-bond donors (Lipinski definition) is 1. The SMILES string of the molecule is COc1ccccc1CNC(=O)CSc1nc2c(oc3ccccc32)c(=O)n1C[C@H]1CCCO1. The van der Waals surface area contributed by atoms with Crippen molar-refractivity contribution in [1.29, 1.82) is 0 Å². The first kappa shape index (κ1) is 22.5. The van der Waals surface area contributed by atoms with Gasteiger partial charge in [-0.1, -0.05) is 42.1 Å². The molecule has 1 N–H and O–H groups in total. The van der Waals surface area contributed by atoms with Gasteiger partial charge in [0.2, 0.25) is 11.5 Å². The highest BCUT2D eigenvalue weighted by atomic mass is 32.2. The molecule has 0 spiro atoms. The van der Waals surface area contributed by atoms with Crippen LogP contribution in [0.2, 0.25) is 0 Å². The Hall–Kier alpha value is -3.30. The predicted octanol–water partition coefficient (Wildman–Crippen LogP) is 3.74. The second kappa shape index (κ2) is 9.90. The van der Waals surface area contributed by atoms with Gasteiger partial charge in [0.1, 0.15) is 16.8 Å². The minimum atomic E-state index is -0.256. The molecule has 0 bridgehead atoms. The normalized spacial score (nSPS) is 15.7. The van der Waals surface area contributed by atoms with E-state index in [1.807, 2.05) is 48.5 Å². The van der Waals surface area contributed by atoms with E-state index in [0.717, 1.165) is 29.5 Å². The molecule has 9 heteroatoms. The van der Waals surface area contributed by atoms with Crippen molar-refractivity contribution in [2.24, 2.45) is 0 Å². The van der Waals surface area contributed by atoms with Gasteiger partial charge in [-0.15, -0.1) is 0 Å². The van der Waals surface area contributed by atoms with Crippen molar-refractivity contribution in [3.05, 3.63) is 64.4 Å². The molecule has 0 aliphatic carbocycles. The predicted molar refractivity (Wildman–Crippen MR) is 130 cm³/mol. The minimum absolute atomic E-state index is 0.0555. The van der Waals surface area contributed by atoms with Crippen LogP contribution in [-0.2, 0) is 22.6 Å². The third-order valence-corrected chi connectivity index (χ3v) is 6.83. The summed E-state index contributed by atoms with van der Waals surface area (Å²) in [7, 11) is 1.60. The quantitative estimate of drug-likeness (QED) is 0.304. The number of rotatable bonds is 8. The van der Waals surface area contributed by atoms with Gasteiger partial charge in [-0.05, 0) is 31.0 Å². The van der Waals surface area contributed by atoms with Crippen LogP contribution in [-0.4, -0.2) is 41.0 Å². The maximum absolute atomic E-state index is 13.4. The van der Waals surface area contributed by atoms with Gasteiger partial charge < -0.3 is 19.2 Å². The summed E-state index contributed by atoms with van der Waals surface area (Å²) in [6, 6.07) is 15.0. The molecule has 2 aromatic heterocycles. The zero-order chi connectivity index (χ0) is 23.5. The molecule has 0 radical (unpaired) electrons. The number of nitrogens with zero attached hydrogens (tertiary/aromatic N) is 2. The van der Waals surface area contributed by atoms with E-state index in [2.05, 4.69) is 5.32 Å². The first-order valence-electron chi connectivity index (χ1n) is 11.2. The van der Waals surface area contributed by atoms with Crippen molar-refractivity contribution in [2.75, 3.05) is 19.5 Å². The molecule has 1 saturated heterocycles. The number of furan rings is 1.